The summed E-state index contributed by atoms with van der Waals surface area (Å²) in [6.07, 6.45) is 5.93. The standard InChI is InChI=1S/C30H43N5O4.C2H6/c1-5-6-10-35(12-13-36)11-9-31-27-8-7-22(2)29(19-27)30(38)33-23(3)24-16-25(26-20-32-34(4)21-26)18-28(17-24)39-15-14-37;1-2/h7-8,16-21,23,31,36-37H,5-6,9-15H2,1-4H3,(H,33,38);1-2H3. The van der Waals surface area contributed by atoms with Crippen LogP contribution in [0.3, 0.4) is 0 Å². The van der Waals surface area contributed by atoms with Gasteiger partial charge in [-0.1, -0.05) is 33.3 Å². The molecule has 2 aromatic carbocycles. The summed E-state index contributed by atoms with van der Waals surface area (Å²) in [6, 6.07) is 11.4. The summed E-state index contributed by atoms with van der Waals surface area (Å²) in [5.74, 6) is 0.469. The Hall–Kier alpha value is -3.40. The van der Waals surface area contributed by atoms with E-state index in [1.807, 2.05) is 77.3 Å². The van der Waals surface area contributed by atoms with Gasteiger partial charge >= 0.3 is 0 Å². The van der Waals surface area contributed by atoms with Crippen LogP contribution in [0.1, 0.15) is 68.1 Å². The average Bonchev–Trinajstić information content (AvgIpc) is 3.42. The highest BCUT2D eigenvalue weighted by molar-refractivity contribution is 5.96. The zero-order valence-electron chi connectivity index (χ0n) is 25.6. The van der Waals surface area contributed by atoms with Crippen molar-refractivity contribution in [1.82, 2.24) is 20.0 Å². The molecule has 0 radical (unpaired) electrons. The zero-order chi connectivity index (χ0) is 30.2. The first-order chi connectivity index (χ1) is 19.8. The number of aromatic nitrogens is 2. The van der Waals surface area contributed by atoms with Crippen LogP contribution in [0.15, 0.2) is 48.8 Å². The highest BCUT2D eigenvalue weighted by Crippen LogP contribution is 2.29. The minimum Gasteiger partial charge on any atom is -0.491 e. The number of aliphatic hydroxyl groups excluding tert-OH is 2. The van der Waals surface area contributed by atoms with E-state index in [2.05, 4.69) is 27.6 Å². The van der Waals surface area contributed by atoms with Crippen molar-refractivity contribution in [2.75, 3.05) is 51.3 Å². The van der Waals surface area contributed by atoms with Gasteiger partial charge in [-0.2, -0.15) is 5.10 Å². The molecule has 4 N–H and O–H groups in total. The summed E-state index contributed by atoms with van der Waals surface area (Å²) in [7, 11) is 1.86. The predicted molar refractivity (Wildman–Crippen MR) is 167 cm³/mol. The van der Waals surface area contributed by atoms with Crippen molar-refractivity contribution in [3.63, 3.8) is 0 Å². The van der Waals surface area contributed by atoms with E-state index in [0.717, 1.165) is 60.4 Å². The summed E-state index contributed by atoms with van der Waals surface area (Å²) in [4.78, 5) is 15.6. The Labute approximate surface area is 245 Å². The zero-order valence-corrected chi connectivity index (χ0v) is 25.6. The molecule has 1 aromatic heterocycles. The number of nitrogens with zero attached hydrogens (tertiary/aromatic N) is 3. The number of hydrogen-bond acceptors (Lipinski definition) is 7. The normalized spacial score (nSPS) is 11.5. The first-order valence-corrected chi connectivity index (χ1v) is 14.7. The molecule has 3 rings (SSSR count). The second kappa shape index (κ2) is 18.1. The van der Waals surface area contributed by atoms with E-state index in [4.69, 9.17) is 4.74 Å². The molecule has 0 aliphatic heterocycles. The van der Waals surface area contributed by atoms with Crippen LogP contribution in [0.25, 0.3) is 11.1 Å². The molecule has 1 atom stereocenters. The van der Waals surface area contributed by atoms with Gasteiger partial charge in [0.1, 0.15) is 12.4 Å². The van der Waals surface area contributed by atoms with Crippen molar-refractivity contribution in [3.05, 3.63) is 65.5 Å². The van der Waals surface area contributed by atoms with Crippen LogP contribution in [0.2, 0.25) is 0 Å². The highest BCUT2D eigenvalue weighted by atomic mass is 16.5. The number of unbranched alkanes of at least 4 members (excludes halogenated alkanes) is 1. The first-order valence-electron chi connectivity index (χ1n) is 14.7. The summed E-state index contributed by atoms with van der Waals surface area (Å²) in [5, 5.41) is 29.4. The van der Waals surface area contributed by atoms with Crippen LogP contribution in [0.4, 0.5) is 5.69 Å². The Kier molecular flexibility index (Phi) is 14.9. The fourth-order valence-corrected chi connectivity index (χ4v) is 4.41. The van der Waals surface area contributed by atoms with E-state index in [9.17, 15) is 15.0 Å². The number of carbonyl (C=O) groups is 1. The largest absolute Gasteiger partial charge is 0.491 e. The molecule has 3 aromatic rings. The number of nitrogens with one attached hydrogen (secondary N) is 2. The molecular weight excluding hydrogens is 518 g/mol. The fourth-order valence-electron chi connectivity index (χ4n) is 4.41. The van der Waals surface area contributed by atoms with Crippen molar-refractivity contribution in [2.45, 2.75) is 53.5 Å². The molecule has 1 unspecified atom stereocenters. The lowest BCUT2D eigenvalue weighted by Crippen LogP contribution is -2.32. The Bertz CT molecular complexity index is 1200. The van der Waals surface area contributed by atoms with Crippen LogP contribution < -0.4 is 15.4 Å². The lowest BCUT2D eigenvalue weighted by atomic mass is 10.0. The quantitative estimate of drug-likeness (QED) is 0.197. The third-order valence-electron chi connectivity index (χ3n) is 6.66. The highest BCUT2D eigenvalue weighted by Gasteiger charge is 2.17. The predicted octanol–water partition coefficient (Wildman–Crippen LogP) is 4.79. The molecule has 41 heavy (non-hydrogen) atoms. The average molecular weight is 568 g/mol. The fraction of sp³-hybridized carbons (Fsp3) is 0.500. The summed E-state index contributed by atoms with van der Waals surface area (Å²) in [5.41, 5.74) is 5.15. The van der Waals surface area contributed by atoms with Gasteiger partial charge in [-0.05, 0) is 73.8 Å². The molecule has 1 amide bonds. The maximum Gasteiger partial charge on any atom is 0.252 e. The second-order valence-electron chi connectivity index (χ2n) is 9.84. The molecular formula is C32H49N5O4. The SMILES string of the molecule is CC.CCCCN(CCO)CCNc1ccc(C)c(C(=O)NC(C)c2cc(OCCO)cc(-c3cnn(C)c3)c2)c1. The molecule has 0 aliphatic rings. The van der Waals surface area contributed by atoms with E-state index < -0.39 is 0 Å². The van der Waals surface area contributed by atoms with Gasteiger partial charge in [0.15, 0.2) is 0 Å². The molecule has 9 nitrogen and oxygen atoms in total. The monoisotopic (exact) mass is 567 g/mol. The molecule has 0 spiro atoms. The number of hydrogen-bond donors (Lipinski definition) is 4. The third kappa shape index (κ3) is 10.8. The van der Waals surface area contributed by atoms with Crippen LogP contribution >= 0.6 is 0 Å². The lowest BCUT2D eigenvalue weighted by molar-refractivity contribution is 0.0939. The smallest absolute Gasteiger partial charge is 0.252 e. The molecule has 0 saturated heterocycles. The number of benzene rings is 2. The van der Waals surface area contributed by atoms with Crippen molar-refractivity contribution in [3.8, 4) is 16.9 Å². The van der Waals surface area contributed by atoms with Crippen LogP contribution in [0.5, 0.6) is 5.75 Å². The van der Waals surface area contributed by atoms with Gasteiger partial charge in [-0.15, -0.1) is 0 Å². The Morgan fingerprint density at radius 2 is 1.85 bits per heavy atom. The first kappa shape index (κ1) is 33.8. The molecule has 0 aliphatic carbocycles. The third-order valence-corrected chi connectivity index (χ3v) is 6.66. The maximum absolute atomic E-state index is 13.3. The molecule has 0 fully saturated rings. The van der Waals surface area contributed by atoms with Gasteiger partial charge in [0.2, 0.25) is 0 Å². The van der Waals surface area contributed by atoms with E-state index in [1.165, 1.54) is 0 Å². The number of aryl methyl sites for hydroxylation is 2. The van der Waals surface area contributed by atoms with E-state index in [0.29, 0.717) is 17.9 Å². The number of aliphatic hydroxyl groups is 2. The van der Waals surface area contributed by atoms with Crippen molar-refractivity contribution in [2.24, 2.45) is 7.05 Å². The Balaban J connectivity index is 0.00000287. The van der Waals surface area contributed by atoms with Gasteiger partial charge in [0.05, 0.1) is 25.5 Å². The van der Waals surface area contributed by atoms with Gasteiger partial charge in [-0.25, -0.2) is 0 Å². The topological polar surface area (TPSA) is 112 Å². The molecule has 0 bridgehead atoms. The van der Waals surface area contributed by atoms with Crippen molar-refractivity contribution in [1.29, 1.82) is 0 Å². The van der Waals surface area contributed by atoms with Gasteiger partial charge < -0.3 is 25.6 Å². The summed E-state index contributed by atoms with van der Waals surface area (Å²) < 4.78 is 7.45. The van der Waals surface area contributed by atoms with Gasteiger partial charge in [0.25, 0.3) is 5.91 Å². The van der Waals surface area contributed by atoms with Crippen LogP contribution in [0, 0.1) is 6.92 Å². The summed E-state index contributed by atoms with van der Waals surface area (Å²) in [6.45, 7) is 13.5. The number of amides is 1. The van der Waals surface area contributed by atoms with E-state index in [1.54, 1.807) is 10.9 Å². The number of anilines is 1. The molecule has 1 heterocycles. The van der Waals surface area contributed by atoms with E-state index in [-0.39, 0.29) is 31.8 Å². The van der Waals surface area contributed by atoms with Gasteiger partial charge in [-0.3, -0.25) is 14.4 Å². The van der Waals surface area contributed by atoms with Gasteiger partial charge in [0, 0.05) is 49.7 Å². The molecule has 226 valence electrons. The minimum absolute atomic E-state index is 0.0827. The van der Waals surface area contributed by atoms with Crippen LogP contribution in [-0.2, 0) is 7.05 Å². The number of rotatable bonds is 16. The van der Waals surface area contributed by atoms with E-state index >= 15 is 0 Å². The summed E-state index contributed by atoms with van der Waals surface area (Å²) >= 11 is 0. The number of carbonyl (C=O) groups excluding carboxylic acids is 1. The maximum atomic E-state index is 13.3. The van der Waals surface area contributed by atoms with Crippen molar-refractivity contribution < 1.29 is 19.7 Å². The van der Waals surface area contributed by atoms with Crippen LogP contribution in [-0.4, -0.2) is 76.8 Å². The molecule has 0 saturated carbocycles. The number of ether oxygens (including phenoxy) is 1. The lowest BCUT2D eigenvalue weighted by Gasteiger charge is -2.21. The second-order valence-corrected chi connectivity index (χ2v) is 9.84. The Morgan fingerprint density at radius 3 is 2.51 bits per heavy atom. The van der Waals surface area contributed by atoms with Crippen molar-refractivity contribution >= 4 is 11.6 Å². The Morgan fingerprint density at radius 1 is 1.07 bits per heavy atom. The molecule has 9 heteroatoms. The minimum atomic E-state index is -0.285.